The molecular weight excluding hydrogens is 381 g/mol. The van der Waals surface area contributed by atoms with Crippen LogP contribution in [0.3, 0.4) is 0 Å². The molecule has 144 valence electrons. The van der Waals surface area contributed by atoms with Crippen LogP contribution in [0.4, 0.5) is 29.5 Å². The number of carbonyl (C=O) groups excluding carboxylic acids is 1. The van der Waals surface area contributed by atoms with E-state index >= 15 is 0 Å². The molecule has 1 N–H and O–H groups in total. The highest BCUT2D eigenvalue weighted by molar-refractivity contribution is 6.33. The number of anilines is 2. The molecule has 1 aromatic carbocycles. The Morgan fingerprint density at radius 3 is 2.33 bits per heavy atom. The summed E-state index contributed by atoms with van der Waals surface area (Å²) in [5, 5.41) is 2.78. The van der Waals surface area contributed by atoms with E-state index in [1.165, 1.54) is 0 Å². The Labute approximate surface area is 159 Å². The maximum atomic E-state index is 12.7. The molecule has 0 radical (unpaired) electrons. The summed E-state index contributed by atoms with van der Waals surface area (Å²) in [4.78, 5) is 19.6. The first-order valence-corrected chi connectivity index (χ1v) is 8.72. The Hall–Kier alpha value is -2.48. The van der Waals surface area contributed by atoms with Crippen LogP contribution in [0, 0.1) is 6.92 Å². The Kier molecular flexibility index (Phi) is 5.46. The minimum Gasteiger partial charge on any atom is -0.352 e. The van der Waals surface area contributed by atoms with Gasteiger partial charge in [-0.1, -0.05) is 29.3 Å². The highest BCUT2D eigenvalue weighted by Crippen LogP contribution is 2.33. The predicted molar refractivity (Wildman–Crippen MR) is 98.2 cm³/mol. The quantitative estimate of drug-likeness (QED) is 0.814. The van der Waals surface area contributed by atoms with E-state index in [-0.39, 0.29) is 11.1 Å². The van der Waals surface area contributed by atoms with Crippen LogP contribution in [-0.2, 0) is 6.18 Å². The molecule has 9 heteroatoms. The number of carbonyl (C=O) groups is 1. The van der Waals surface area contributed by atoms with E-state index in [0.29, 0.717) is 37.7 Å². The van der Waals surface area contributed by atoms with Gasteiger partial charge in [-0.05, 0) is 25.1 Å². The van der Waals surface area contributed by atoms with Gasteiger partial charge in [0.25, 0.3) is 0 Å². The summed E-state index contributed by atoms with van der Waals surface area (Å²) in [6.07, 6.45) is -3.71. The number of alkyl halides is 3. The average Bonchev–Trinajstić information content (AvgIpc) is 2.63. The number of benzene rings is 1. The molecule has 1 aliphatic heterocycles. The van der Waals surface area contributed by atoms with Crippen molar-refractivity contribution in [1.82, 2.24) is 9.88 Å². The molecule has 1 aromatic heterocycles. The van der Waals surface area contributed by atoms with E-state index in [0.717, 1.165) is 17.8 Å². The number of piperazine rings is 1. The lowest BCUT2D eigenvalue weighted by atomic mass is 10.2. The molecule has 5 nitrogen and oxygen atoms in total. The Morgan fingerprint density at radius 2 is 1.78 bits per heavy atom. The van der Waals surface area contributed by atoms with Crippen molar-refractivity contribution >= 4 is 29.1 Å². The first-order valence-electron chi connectivity index (χ1n) is 8.34. The molecule has 0 aliphatic carbocycles. The van der Waals surface area contributed by atoms with Gasteiger partial charge in [-0.3, -0.25) is 0 Å². The number of urea groups is 1. The summed E-state index contributed by atoms with van der Waals surface area (Å²) in [5.41, 5.74) is 0.926. The van der Waals surface area contributed by atoms with Gasteiger partial charge >= 0.3 is 12.2 Å². The molecule has 0 unspecified atom stereocenters. The molecule has 2 amide bonds. The molecule has 2 aromatic rings. The van der Waals surface area contributed by atoms with E-state index in [2.05, 4.69) is 10.3 Å². The van der Waals surface area contributed by atoms with Crippen LogP contribution in [-0.4, -0.2) is 42.1 Å². The first kappa shape index (κ1) is 19.3. The number of nitrogens with one attached hydrogen (secondary N) is 1. The van der Waals surface area contributed by atoms with E-state index in [1.807, 2.05) is 31.2 Å². The number of nitrogens with zero attached hydrogens (tertiary/aromatic N) is 3. The average molecular weight is 399 g/mol. The van der Waals surface area contributed by atoms with Gasteiger partial charge in [-0.15, -0.1) is 0 Å². The van der Waals surface area contributed by atoms with Crippen LogP contribution in [0.1, 0.15) is 11.1 Å². The Morgan fingerprint density at radius 1 is 1.15 bits per heavy atom. The third kappa shape index (κ3) is 4.63. The van der Waals surface area contributed by atoms with Crippen molar-refractivity contribution in [1.29, 1.82) is 0 Å². The Bertz CT molecular complexity index is 818. The third-order valence-electron chi connectivity index (χ3n) is 4.32. The van der Waals surface area contributed by atoms with Crippen molar-refractivity contribution in [3.63, 3.8) is 0 Å². The van der Waals surface area contributed by atoms with Crippen molar-refractivity contribution in [3.8, 4) is 0 Å². The minimum absolute atomic E-state index is 0.0534. The van der Waals surface area contributed by atoms with Gasteiger partial charge in [0.2, 0.25) is 0 Å². The molecular formula is C18H18ClF3N4O. The molecule has 0 atom stereocenters. The number of aryl methyl sites for hydroxylation is 1. The predicted octanol–water partition coefficient (Wildman–Crippen LogP) is 4.42. The van der Waals surface area contributed by atoms with Gasteiger partial charge in [-0.2, -0.15) is 13.2 Å². The molecule has 1 fully saturated rings. The number of aromatic nitrogens is 1. The van der Waals surface area contributed by atoms with Gasteiger partial charge in [0.05, 0.1) is 10.6 Å². The molecule has 3 rings (SSSR count). The van der Waals surface area contributed by atoms with Crippen molar-refractivity contribution in [2.45, 2.75) is 13.1 Å². The fourth-order valence-electron chi connectivity index (χ4n) is 2.78. The standard InChI is InChI=1S/C18H18ClF3N4O/c1-12-2-4-14(5-3-12)24-17(27)26-8-6-25(7-9-26)16-15(19)10-13(11-23-16)18(20,21)22/h2-5,10-11H,6-9H2,1H3,(H,24,27). The highest BCUT2D eigenvalue weighted by Gasteiger charge is 2.32. The summed E-state index contributed by atoms with van der Waals surface area (Å²) in [7, 11) is 0. The van der Waals surface area contributed by atoms with E-state index < -0.39 is 11.7 Å². The zero-order chi connectivity index (χ0) is 19.6. The summed E-state index contributed by atoms with van der Waals surface area (Å²) in [6.45, 7) is 3.65. The van der Waals surface area contributed by atoms with Gasteiger partial charge < -0.3 is 15.1 Å². The maximum absolute atomic E-state index is 12.7. The second kappa shape index (κ2) is 7.64. The second-order valence-corrected chi connectivity index (χ2v) is 6.70. The summed E-state index contributed by atoms with van der Waals surface area (Å²) in [6, 6.07) is 8.13. The van der Waals surface area contributed by atoms with E-state index in [1.54, 1.807) is 9.80 Å². The Balaban J connectivity index is 1.60. The van der Waals surface area contributed by atoms with Crippen LogP contribution in [0.15, 0.2) is 36.5 Å². The van der Waals surface area contributed by atoms with Crippen LogP contribution in [0.2, 0.25) is 5.02 Å². The minimum atomic E-state index is -4.48. The number of hydrogen-bond acceptors (Lipinski definition) is 3. The van der Waals surface area contributed by atoms with Gasteiger partial charge in [0, 0.05) is 38.1 Å². The van der Waals surface area contributed by atoms with Crippen LogP contribution < -0.4 is 10.2 Å². The van der Waals surface area contributed by atoms with Crippen molar-refractivity contribution < 1.29 is 18.0 Å². The first-order chi connectivity index (χ1) is 12.7. The molecule has 0 bridgehead atoms. The maximum Gasteiger partial charge on any atom is 0.417 e. The topological polar surface area (TPSA) is 48.5 Å². The number of pyridine rings is 1. The second-order valence-electron chi connectivity index (χ2n) is 6.30. The molecule has 0 saturated carbocycles. The zero-order valence-electron chi connectivity index (χ0n) is 14.6. The summed E-state index contributed by atoms with van der Waals surface area (Å²) >= 11 is 5.99. The molecule has 0 spiro atoms. The molecule has 2 heterocycles. The summed E-state index contributed by atoms with van der Waals surface area (Å²) < 4.78 is 38.2. The van der Waals surface area contributed by atoms with Crippen LogP contribution in [0.5, 0.6) is 0 Å². The lowest BCUT2D eigenvalue weighted by molar-refractivity contribution is -0.137. The van der Waals surface area contributed by atoms with Crippen molar-refractivity contribution in [3.05, 3.63) is 52.7 Å². The van der Waals surface area contributed by atoms with Gasteiger partial charge in [-0.25, -0.2) is 9.78 Å². The van der Waals surface area contributed by atoms with Gasteiger partial charge in [0.1, 0.15) is 5.82 Å². The van der Waals surface area contributed by atoms with Gasteiger partial charge in [0.15, 0.2) is 0 Å². The molecule has 1 saturated heterocycles. The SMILES string of the molecule is Cc1ccc(NC(=O)N2CCN(c3ncc(C(F)(F)F)cc3Cl)CC2)cc1. The summed E-state index contributed by atoms with van der Waals surface area (Å²) in [5.74, 6) is 0.295. The van der Waals surface area contributed by atoms with E-state index in [9.17, 15) is 18.0 Å². The number of halogens is 4. The normalized spacial score (nSPS) is 15.0. The zero-order valence-corrected chi connectivity index (χ0v) is 15.3. The van der Waals surface area contributed by atoms with Crippen molar-refractivity contribution in [2.75, 3.05) is 36.4 Å². The largest absolute Gasteiger partial charge is 0.417 e. The molecule has 27 heavy (non-hydrogen) atoms. The fourth-order valence-corrected chi connectivity index (χ4v) is 3.07. The monoisotopic (exact) mass is 398 g/mol. The van der Waals surface area contributed by atoms with Crippen LogP contribution in [0.25, 0.3) is 0 Å². The van der Waals surface area contributed by atoms with Crippen LogP contribution >= 0.6 is 11.6 Å². The number of hydrogen-bond donors (Lipinski definition) is 1. The molecule has 1 aliphatic rings. The lowest BCUT2D eigenvalue weighted by Crippen LogP contribution is -2.50. The number of rotatable bonds is 2. The third-order valence-corrected chi connectivity index (χ3v) is 4.60. The fraction of sp³-hybridized carbons (Fsp3) is 0.333. The lowest BCUT2D eigenvalue weighted by Gasteiger charge is -2.35. The highest BCUT2D eigenvalue weighted by atomic mass is 35.5. The number of amides is 2. The van der Waals surface area contributed by atoms with E-state index in [4.69, 9.17) is 11.6 Å². The smallest absolute Gasteiger partial charge is 0.352 e. The van der Waals surface area contributed by atoms with Crippen molar-refractivity contribution in [2.24, 2.45) is 0 Å².